The fraction of sp³-hybridized carbons (Fsp3) is 0.333. The number of nitrogens with one attached hydrogen (secondary N) is 2. The lowest BCUT2D eigenvalue weighted by Gasteiger charge is -2.21. The molecule has 0 fully saturated rings. The number of carboxylic acids is 1. The average molecular weight is 295 g/mol. The lowest BCUT2D eigenvalue weighted by atomic mass is 10.3. The van der Waals surface area contributed by atoms with E-state index in [2.05, 4.69) is 0 Å². The average Bonchev–Trinajstić information content (AvgIpc) is 2.23. The molecule has 0 spiro atoms. The molecule has 0 saturated carbocycles. The van der Waals surface area contributed by atoms with Crippen LogP contribution in [0.15, 0.2) is 15.7 Å². The van der Waals surface area contributed by atoms with Crippen molar-refractivity contribution in [2.24, 2.45) is 0 Å². The number of H-pyrrole nitrogens is 2. The molecule has 11 heteroatoms. The number of amides is 1. The number of carboxylic acid groups (broad SMARTS) is 1. The van der Waals surface area contributed by atoms with Gasteiger partial charge in [-0.1, -0.05) is 0 Å². The van der Waals surface area contributed by atoms with Crippen LogP contribution in [0.3, 0.4) is 0 Å². The Morgan fingerprint density at radius 2 is 1.85 bits per heavy atom. The molecule has 110 valence electrons. The van der Waals surface area contributed by atoms with Crippen LogP contribution < -0.4 is 11.2 Å². The van der Waals surface area contributed by atoms with Crippen LogP contribution in [0.4, 0.5) is 13.2 Å². The molecule has 0 radical (unpaired) electrons. The number of aliphatic carboxylic acids is 1. The highest BCUT2D eigenvalue weighted by molar-refractivity contribution is 5.94. The molecule has 1 aromatic rings. The van der Waals surface area contributed by atoms with Crippen molar-refractivity contribution in [1.29, 1.82) is 0 Å². The third-order valence-electron chi connectivity index (χ3n) is 1.97. The summed E-state index contributed by atoms with van der Waals surface area (Å²) in [6.45, 7) is -3.06. The Labute approximate surface area is 107 Å². The summed E-state index contributed by atoms with van der Waals surface area (Å²) in [5, 5.41) is 8.48. The minimum Gasteiger partial charge on any atom is -0.480 e. The number of aromatic nitrogens is 2. The van der Waals surface area contributed by atoms with E-state index in [0.29, 0.717) is 6.07 Å². The van der Waals surface area contributed by atoms with Crippen LogP contribution in [0.2, 0.25) is 0 Å². The van der Waals surface area contributed by atoms with E-state index < -0.39 is 48.1 Å². The molecule has 1 rings (SSSR count). The maximum Gasteiger partial charge on any atom is 0.406 e. The van der Waals surface area contributed by atoms with Crippen molar-refractivity contribution in [1.82, 2.24) is 14.9 Å². The van der Waals surface area contributed by atoms with E-state index in [9.17, 15) is 32.3 Å². The third-order valence-corrected chi connectivity index (χ3v) is 1.97. The Morgan fingerprint density at radius 1 is 1.25 bits per heavy atom. The van der Waals surface area contributed by atoms with Crippen LogP contribution in [0, 0.1) is 0 Å². The van der Waals surface area contributed by atoms with Gasteiger partial charge in [-0.25, -0.2) is 4.79 Å². The molecule has 0 atom stereocenters. The van der Waals surface area contributed by atoms with Gasteiger partial charge in [0.05, 0.1) is 0 Å². The first kappa shape index (κ1) is 15.5. The van der Waals surface area contributed by atoms with Crippen molar-refractivity contribution in [3.63, 3.8) is 0 Å². The zero-order valence-electron chi connectivity index (χ0n) is 9.65. The van der Waals surface area contributed by atoms with E-state index in [1.807, 2.05) is 4.98 Å². The number of carbonyl (C=O) groups is 2. The van der Waals surface area contributed by atoms with Crippen molar-refractivity contribution < 1.29 is 27.9 Å². The summed E-state index contributed by atoms with van der Waals surface area (Å²) in [6, 6.07) is 0.564. The molecule has 8 nitrogen and oxygen atoms in total. The molecule has 1 aromatic heterocycles. The van der Waals surface area contributed by atoms with Gasteiger partial charge in [-0.3, -0.25) is 19.4 Å². The molecular formula is C9H8F3N3O5. The van der Waals surface area contributed by atoms with Gasteiger partial charge in [-0.05, 0) is 0 Å². The number of alkyl halides is 3. The van der Waals surface area contributed by atoms with E-state index in [1.54, 1.807) is 4.98 Å². The first-order valence-electron chi connectivity index (χ1n) is 5.00. The summed E-state index contributed by atoms with van der Waals surface area (Å²) >= 11 is 0. The molecule has 0 aliphatic rings. The zero-order chi connectivity index (χ0) is 15.5. The number of carbonyl (C=O) groups excluding carboxylic acids is 1. The van der Waals surface area contributed by atoms with Gasteiger partial charge >= 0.3 is 17.8 Å². The van der Waals surface area contributed by atoms with Crippen LogP contribution in [-0.2, 0) is 4.79 Å². The fourth-order valence-electron chi connectivity index (χ4n) is 1.33. The molecule has 3 N–H and O–H groups in total. The van der Waals surface area contributed by atoms with Gasteiger partial charge in [-0.15, -0.1) is 0 Å². The number of rotatable bonds is 4. The second-order valence-corrected chi connectivity index (χ2v) is 3.67. The lowest BCUT2D eigenvalue weighted by Crippen LogP contribution is -2.43. The minimum atomic E-state index is -4.83. The highest BCUT2D eigenvalue weighted by Crippen LogP contribution is 2.17. The first-order valence-corrected chi connectivity index (χ1v) is 5.00. The van der Waals surface area contributed by atoms with Crippen molar-refractivity contribution in [2.75, 3.05) is 13.1 Å². The van der Waals surface area contributed by atoms with Crippen molar-refractivity contribution >= 4 is 11.9 Å². The largest absolute Gasteiger partial charge is 0.480 e. The van der Waals surface area contributed by atoms with Gasteiger partial charge in [0.1, 0.15) is 18.8 Å². The highest BCUT2D eigenvalue weighted by atomic mass is 19.4. The maximum atomic E-state index is 12.3. The van der Waals surface area contributed by atoms with Crippen molar-refractivity contribution in [3.8, 4) is 0 Å². The van der Waals surface area contributed by atoms with Crippen molar-refractivity contribution in [2.45, 2.75) is 6.18 Å². The van der Waals surface area contributed by atoms with Gasteiger partial charge in [0, 0.05) is 6.07 Å². The van der Waals surface area contributed by atoms with Gasteiger partial charge in [0.25, 0.3) is 11.5 Å². The molecule has 0 aliphatic heterocycles. The SMILES string of the molecule is O=C(O)CN(CC(F)(F)F)C(=O)c1cc(=O)[nH]c(=O)[nH]1. The Morgan fingerprint density at radius 3 is 2.30 bits per heavy atom. The zero-order valence-corrected chi connectivity index (χ0v) is 9.65. The summed E-state index contributed by atoms with van der Waals surface area (Å²) in [4.78, 5) is 47.5. The fourth-order valence-corrected chi connectivity index (χ4v) is 1.33. The molecule has 0 bridgehead atoms. The molecule has 0 unspecified atom stereocenters. The highest BCUT2D eigenvalue weighted by Gasteiger charge is 2.34. The molecule has 0 saturated heterocycles. The predicted molar refractivity (Wildman–Crippen MR) is 57.3 cm³/mol. The first-order chi connectivity index (χ1) is 9.08. The molecular weight excluding hydrogens is 287 g/mol. The number of aromatic amines is 2. The minimum absolute atomic E-state index is 0.0486. The summed E-state index contributed by atoms with van der Waals surface area (Å²) in [5.41, 5.74) is -2.83. The van der Waals surface area contributed by atoms with E-state index in [-0.39, 0.29) is 4.90 Å². The number of hydrogen-bond acceptors (Lipinski definition) is 4. The summed E-state index contributed by atoms with van der Waals surface area (Å²) in [7, 11) is 0. The van der Waals surface area contributed by atoms with Crippen LogP contribution in [-0.4, -0.2) is 51.1 Å². The quantitative estimate of drug-likeness (QED) is 0.667. The lowest BCUT2D eigenvalue weighted by molar-refractivity contribution is -0.149. The normalized spacial score (nSPS) is 11.2. The Balaban J connectivity index is 3.12. The van der Waals surface area contributed by atoms with Crippen molar-refractivity contribution in [3.05, 3.63) is 32.6 Å². The number of halogens is 3. The Bertz CT molecular complexity index is 604. The van der Waals surface area contributed by atoms with E-state index >= 15 is 0 Å². The van der Waals surface area contributed by atoms with Crippen LogP contribution in [0.1, 0.15) is 10.5 Å². The van der Waals surface area contributed by atoms with Gasteiger partial charge in [0.2, 0.25) is 0 Å². The van der Waals surface area contributed by atoms with Crippen LogP contribution in [0.25, 0.3) is 0 Å². The summed E-state index contributed by atoms with van der Waals surface area (Å²) in [6.07, 6.45) is -4.83. The standard InChI is InChI=1S/C9H8F3N3O5/c10-9(11,12)3-15(2-6(17)18)7(19)4-1-5(16)14-8(20)13-4/h1H,2-3H2,(H,17,18)(H2,13,14,16,20). The second kappa shape index (κ2) is 5.59. The Kier molecular flexibility index (Phi) is 4.32. The van der Waals surface area contributed by atoms with Crippen LogP contribution >= 0.6 is 0 Å². The molecule has 0 aromatic carbocycles. The molecule has 20 heavy (non-hydrogen) atoms. The molecule has 0 aliphatic carbocycles. The van der Waals surface area contributed by atoms with E-state index in [0.717, 1.165) is 0 Å². The molecule has 1 heterocycles. The van der Waals surface area contributed by atoms with Gasteiger partial charge in [-0.2, -0.15) is 13.2 Å². The van der Waals surface area contributed by atoms with Gasteiger partial charge in [0.15, 0.2) is 0 Å². The van der Waals surface area contributed by atoms with Gasteiger partial charge < -0.3 is 15.0 Å². The second-order valence-electron chi connectivity index (χ2n) is 3.67. The number of hydrogen-bond donors (Lipinski definition) is 3. The monoisotopic (exact) mass is 295 g/mol. The topological polar surface area (TPSA) is 123 Å². The predicted octanol–water partition coefficient (Wildman–Crippen LogP) is -0.848. The smallest absolute Gasteiger partial charge is 0.406 e. The summed E-state index contributed by atoms with van der Waals surface area (Å²) in [5.74, 6) is -3.09. The maximum absolute atomic E-state index is 12.3. The Hall–Kier alpha value is -2.59. The van der Waals surface area contributed by atoms with Crippen LogP contribution in [0.5, 0.6) is 0 Å². The van der Waals surface area contributed by atoms with E-state index in [1.165, 1.54) is 0 Å². The molecule has 1 amide bonds. The number of nitrogens with zero attached hydrogens (tertiary/aromatic N) is 1. The van der Waals surface area contributed by atoms with E-state index in [4.69, 9.17) is 5.11 Å². The summed E-state index contributed by atoms with van der Waals surface area (Å²) < 4.78 is 36.8. The third kappa shape index (κ3) is 4.59.